The molecule has 5 nitrogen and oxygen atoms in total. The normalized spacial score (nSPS) is 18.8. The van der Waals surface area contributed by atoms with Gasteiger partial charge in [0.15, 0.2) is 0 Å². The molecule has 0 saturated carbocycles. The number of rotatable bonds is 5. The van der Waals surface area contributed by atoms with Crippen molar-refractivity contribution >= 4 is 11.8 Å². The lowest BCUT2D eigenvalue weighted by Crippen LogP contribution is -2.28. The number of nitrogens with zero attached hydrogens (tertiary/aromatic N) is 2. The van der Waals surface area contributed by atoms with Crippen LogP contribution in [0.25, 0.3) is 0 Å². The van der Waals surface area contributed by atoms with E-state index < -0.39 is 5.97 Å². The molecule has 0 bridgehead atoms. The van der Waals surface area contributed by atoms with Crippen LogP contribution in [0.3, 0.4) is 0 Å². The zero-order valence-corrected chi connectivity index (χ0v) is 12.1. The first-order valence-corrected chi connectivity index (χ1v) is 7.11. The van der Waals surface area contributed by atoms with Crippen molar-refractivity contribution in [3.8, 4) is 0 Å². The summed E-state index contributed by atoms with van der Waals surface area (Å²) in [5.41, 5.74) is 1.08. The average molecular weight is 278 g/mol. The molecule has 20 heavy (non-hydrogen) atoms. The highest BCUT2D eigenvalue weighted by Gasteiger charge is 2.18. The molecule has 1 N–H and O–H groups in total. The Morgan fingerprint density at radius 1 is 1.50 bits per heavy atom. The molecule has 0 aliphatic carbocycles. The zero-order chi connectivity index (χ0) is 14.5. The van der Waals surface area contributed by atoms with Gasteiger partial charge in [0.05, 0.1) is 6.10 Å². The van der Waals surface area contributed by atoms with Gasteiger partial charge in [-0.05, 0) is 44.7 Å². The number of aryl methyl sites for hydroxylation is 1. The second-order valence-electron chi connectivity index (χ2n) is 5.33. The maximum absolute atomic E-state index is 11.3. The van der Waals surface area contributed by atoms with Crippen LogP contribution in [0, 0.1) is 6.92 Å². The maximum Gasteiger partial charge on any atom is 0.339 e. The summed E-state index contributed by atoms with van der Waals surface area (Å²) < 4.78 is 5.70. The Morgan fingerprint density at radius 3 is 2.95 bits per heavy atom. The van der Waals surface area contributed by atoms with E-state index in [4.69, 9.17) is 4.74 Å². The summed E-state index contributed by atoms with van der Waals surface area (Å²) in [5.74, 6) is -0.401. The number of hydrogen-bond donors (Lipinski definition) is 1. The molecule has 1 aromatic rings. The highest BCUT2D eigenvalue weighted by molar-refractivity contribution is 5.93. The van der Waals surface area contributed by atoms with Crippen LogP contribution in [0.5, 0.6) is 0 Å². The number of ether oxygens (including phenoxy) is 1. The predicted molar refractivity (Wildman–Crippen MR) is 77.4 cm³/mol. The number of carboxylic acids is 1. The minimum Gasteiger partial charge on any atom is -0.478 e. The minimum absolute atomic E-state index is 0.252. The standard InChI is InChI=1S/C15H22N2O3/c1-11-6-7-13(15(18)19)14(16-11)17(2)9-8-12-5-3-4-10-20-12/h6-7,12H,3-5,8-10H2,1-2H3,(H,18,19). The van der Waals surface area contributed by atoms with Crippen LogP contribution in [0.4, 0.5) is 5.82 Å². The molecule has 2 heterocycles. The van der Waals surface area contributed by atoms with Crippen LogP contribution in [0.2, 0.25) is 0 Å². The Balaban J connectivity index is 2.02. The first kappa shape index (κ1) is 14.8. The van der Waals surface area contributed by atoms with Crippen LogP contribution in [-0.2, 0) is 4.74 Å². The Hall–Kier alpha value is -1.62. The Bertz CT molecular complexity index is 470. The molecule has 0 spiro atoms. The van der Waals surface area contributed by atoms with Crippen molar-refractivity contribution in [3.63, 3.8) is 0 Å². The van der Waals surface area contributed by atoms with Crippen molar-refractivity contribution in [2.75, 3.05) is 25.1 Å². The molecule has 0 aromatic carbocycles. The van der Waals surface area contributed by atoms with Crippen LogP contribution >= 0.6 is 0 Å². The summed E-state index contributed by atoms with van der Waals surface area (Å²) in [5, 5.41) is 9.23. The van der Waals surface area contributed by atoms with Crippen molar-refractivity contribution in [2.45, 2.75) is 38.7 Å². The molecular weight excluding hydrogens is 256 g/mol. The first-order valence-electron chi connectivity index (χ1n) is 7.11. The molecule has 1 aromatic heterocycles. The minimum atomic E-state index is -0.937. The third-order valence-electron chi connectivity index (χ3n) is 3.67. The monoisotopic (exact) mass is 278 g/mol. The van der Waals surface area contributed by atoms with Crippen molar-refractivity contribution in [1.82, 2.24) is 4.98 Å². The Morgan fingerprint density at radius 2 is 2.30 bits per heavy atom. The third kappa shape index (κ3) is 3.70. The molecule has 5 heteroatoms. The van der Waals surface area contributed by atoms with E-state index in [1.165, 1.54) is 6.42 Å². The lowest BCUT2D eigenvalue weighted by molar-refractivity contribution is 0.0126. The van der Waals surface area contributed by atoms with Crippen molar-refractivity contribution < 1.29 is 14.6 Å². The summed E-state index contributed by atoms with van der Waals surface area (Å²) >= 11 is 0. The quantitative estimate of drug-likeness (QED) is 0.896. The van der Waals surface area contributed by atoms with Crippen LogP contribution in [0.1, 0.15) is 41.7 Å². The van der Waals surface area contributed by atoms with Crippen LogP contribution in [0.15, 0.2) is 12.1 Å². The van der Waals surface area contributed by atoms with E-state index in [0.29, 0.717) is 11.9 Å². The van der Waals surface area contributed by atoms with E-state index >= 15 is 0 Å². The molecule has 2 rings (SSSR count). The SMILES string of the molecule is Cc1ccc(C(=O)O)c(N(C)CCC2CCCCO2)n1. The zero-order valence-electron chi connectivity index (χ0n) is 12.1. The van der Waals surface area contributed by atoms with E-state index in [-0.39, 0.29) is 5.56 Å². The third-order valence-corrected chi connectivity index (χ3v) is 3.67. The highest BCUT2D eigenvalue weighted by atomic mass is 16.5. The summed E-state index contributed by atoms with van der Waals surface area (Å²) in [4.78, 5) is 17.5. The van der Waals surface area contributed by atoms with E-state index in [0.717, 1.165) is 38.1 Å². The summed E-state index contributed by atoms with van der Waals surface area (Å²) in [6, 6.07) is 3.35. The Labute approximate surface area is 119 Å². The lowest BCUT2D eigenvalue weighted by atomic mass is 10.1. The van der Waals surface area contributed by atoms with Gasteiger partial charge in [-0.2, -0.15) is 0 Å². The smallest absolute Gasteiger partial charge is 0.339 e. The lowest BCUT2D eigenvalue weighted by Gasteiger charge is -2.26. The number of anilines is 1. The van der Waals surface area contributed by atoms with Crippen LogP contribution in [-0.4, -0.2) is 42.4 Å². The first-order chi connectivity index (χ1) is 9.58. The number of carbonyl (C=O) groups is 1. The van der Waals surface area contributed by atoms with Gasteiger partial charge in [-0.25, -0.2) is 9.78 Å². The molecular formula is C15H22N2O3. The number of aromatic carboxylic acids is 1. The average Bonchev–Trinajstić information content (AvgIpc) is 2.45. The van der Waals surface area contributed by atoms with Crippen molar-refractivity contribution in [3.05, 3.63) is 23.4 Å². The number of carboxylic acid groups (broad SMARTS) is 1. The van der Waals surface area contributed by atoms with Crippen molar-refractivity contribution in [2.24, 2.45) is 0 Å². The molecule has 0 amide bonds. The Kier molecular flexibility index (Phi) is 4.95. The van der Waals surface area contributed by atoms with E-state index in [2.05, 4.69) is 4.98 Å². The fourth-order valence-corrected chi connectivity index (χ4v) is 2.48. The van der Waals surface area contributed by atoms with Gasteiger partial charge in [0.2, 0.25) is 0 Å². The maximum atomic E-state index is 11.3. The highest BCUT2D eigenvalue weighted by Crippen LogP contribution is 2.20. The number of aromatic nitrogens is 1. The molecule has 1 atom stereocenters. The van der Waals surface area contributed by atoms with Crippen LogP contribution < -0.4 is 4.90 Å². The fourth-order valence-electron chi connectivity index (χ4n) is 2.48. The molecule has 1 aliphatic rings. The van der Waals surface area contributed by atoms with Gasteiger partial charge in [0.1, 0.15) is 11.4 Å². The predicted octanol–water partition coefficient (Wildman–Crippen LogP) is 2.48. The van der Waals surface area contributed by atoms with Gasteiger partial charge in [-0.15, -0.1) is 0 Å². The number of hydrogen-bond acceptors (Lipinski definition) is 4. The second kappa shape index (κ2) is 6.70. The van der Waals surface area contributed by atoms with Gasteiger partial charge in [-0.1, -0.05) is 0 Å². The van der Waals surface area contributed by atoms with Gasteiger partial charge in [0.25, 0.3) is 0 Å². The van der Waals surface area contributed by atoms with E-state index in [1.807, 2.05) is 18.9 Å². The second-order valence-corrected chi connectivity index (χ2v) is 5.33. The van der Waals surface area contributed by atoms with Gasteiger partial charge >= 0.3 is 5.97 Å². The van der Waals surface area contributed by atoms with Gasteiger partial charge in [0, 0.05) is 25.9 Å². The molecule has 0 radical (unpaired) electrons. The molecule has 1 aliphatic heterocycles. The summed E-state index contributed by atoms with van der Waals surface area (Å²) in [7, 11) is 1.89. The molecule has 1 unspecified atom stereocenters. The topological polar surface area (TPSA) is 62.7 Å². The van der Waals surface area contributed by atoms with Gasteiger partial charge < -0.3 is 14.7 Å². The van der Waals surface area contributed by atoms with E-state index in [9.17, 15) is 9.90 Å². The van der Waals surface area contributed by atoms with Crippen molar-refractivity contribution in [1.29, 1.82) is 0 Å². The number of pyridine rings is 1. The fraction of sp³-hybridized carbons (Fsp3) is 0.600. The largest absolute Gasteiger partial charge is 0.478 e. The summed E-state index contributed by atoms with van der Waals surface area (Å²) in [6.07, 6.45) is 4.67. The molecule has 1 saturated heterocycles. The van der Waals surface area contributed by atoms with Gasteiger partial charge in [-0.3, -0.25) is 0 Å². The molecule has 1 fully saturated rings. The summed E-state index contributed by atoms with van der Waals surface area (Å²) in [6.45, 7) is 3.46. The van der Waals surface area contributed by atoms with E-state index in [1.54, 1.807) is 12.1 Å². The molecule has 110 valence electrons.